The molecule has 1 aliphatic carbocycles. The molecule has 0 spiro atoms. The molecule has 0 nitrogen and oxygen atoms in total. The fourth-order valence-corrected chi connectivity index (χ4v) is 1.83. The van der Waals surface area contributed by atoms with E-state index in [0.29, 0.717) is 10.0 Å². The smallest absolute Gasteiger partial charge is 0.0630 e. The topological polar surface area (TPSA) is 0 Å². The number of hydrogen-bond acceptors (Lipinski definition) is 0. The summed E-state index contributed by atoms with van der Waals surface area (Å²) < 4.78 is 0. The predicted molar refractivity (Wildman–Crippen MR) is 52.7 cm³/mol. The summed E-state index contributed by atoms with van der Waals surface area (Å²) in [7, 11) is 0. The highest BCUT2D eigenvalue weighted by Crippen LogP contribution is 2.40. The van der Waals surface area contributed by atoms with Crippen molar-refractivity contribution in [3.8, 4) is 0 Å². The van der Waals surface area contributed by atoms with Gasteiger partial charge in [0.25, 0.3) is 0 Å². The van der Waals surface area contributed by atoms with Crippen LogP contribution in [-0.2, 0) is 0 Å². The third-order valence-corrected chi connectivity index (χ3v) is 3.11. The Bertz CT molecular complexity index is 290. The minimum Gasteiger partial charge on any atom is -0.0827 e. The number of halogens is 2. The molecule has 1 fully saturated rings. The second-order valence-electron chi connectivity index (χ2n) is 3.06. The highest BCUT2D eigenvalue weighted by Gasteiger charge is 2.22. The van der Waals surface area contributed by atoms with Gasteiger partial charge in [0.2, 0.25) is 0 Å². The Morgan fingerprint density at radius 1 is 1.08 bits per heavy atom. The summed E-state index contributed by atoms with van der Waals surface area (Å²) in [5.41, 5.74) is 1.15. The third-order valence-electron chi connectivity index (χ3n) is 2.29. The normalized spacial score (nSPS) is 17.5. The SMILES string of the molecule is Clc1cccc([C]2CCC2)c1Cl. The van der Waals surface area contributed by atoms with E-state index in [-0.39, 0.29) is 0 Å². The lowest BCUT2D eigenvalue weighted by molar-refractivity contribution is 0.577. The Hall–Kier alpha value is -0.200. The van der Waals surface area contributed by atoms with Gasteiger partial charge in [0.1, 0.15) is 0 Å². The number of benzene rings is 1. The van der Waals surface area contributed by atoms with Crippen LogP contribution in [0.3, 0.4) is 0 Å². The fraction of sp³-hybridized carbons (Fsp3) is 0.300. The van der Waals surface area contributed by atoms with Crippen molar-refractivity contribution in [2.75, 3.05) is 0 Å². The molecule has 1 aromatic rings. The maximum Gasteiger partial charge on any atom is 0.0630 e. The summed E-state index contributed by atoms with van der Waals surface area (Å²) in [4.78, 5) is 0. The van der Waals surface area contributed by atoms with E-state index < -0.39 is 0 Å². The van der Waals surface area contributed by atoms with Gasteiger partial charge in [-0.15, -0.1) is 0 Å². The molecule has 0 amide bonds. The molecule has 0 bridgehead atoms. The lowest BCUT2D eigenvalue weighted by atomic mass is 9.80. The third kappa shape index (κ3) is 1.34. The van der Waals surface area contributed by atoms with Crippen molar-refractivity contribution in [2.24, 2.45) is 0 Å². The molecule has 0 heterocycles. The molecule has 0 N–H and O–H groups in total. The summed E-state index contributed by atoms with van der Waals surface area (Å²) in [5.74, 6) is 1.45. The first kappa shape index (κ1) is 8.40. The molecular weight excluding hydrogens is 191 g/mol. The Morgan fingerprint density at radius 3 is 2.42 bits per heavy atom. The first-order chi connectivity index (χ1) is 5.79. The van der Waals surface area contributed by atoms with Crippen molar-refractivity contribution >= 4 is 23.2 Å². The summed E-state index contributed by atoms with van der Waals surface area (Å²) in [5, 5.41) is 1.38. The molecule has 12 heavy (non-hydrogen) atoms. The molecule has 0 aromatic heterocycles. The molecule has 63 valence electrons. The van der Waals surface area contributed by atoms with Crippen molar-refractivity contribution in [3.63, 3.8) is 0 Å². The maximum absolute atomic E-state index is 6.05. The molecule has 0 atom stereocenters. The monoisotopic (exact) mass is 199 g/mol. The predicted octanol–water partition coefficient (Wildman–Crippen LogP) is 4.10. The van der Waals surface area contributed by atoms with Crippen LogP contribution in [0.4, 0.5) is 0 Å². The molecular formula is C10H9Cl2. The zero-order valence-corrected chi connectivity index (χ0v) is 8.12. The van der Waals surface area contributed by atoms with Gasteiger partial charge in [0.15, 0.2) is 0 Å². The second kappa shape index (κ2) is 3.27. The minimum absolute atomic E-state index is 0.661. The van der Waals surface area contributed by atoms with Gasteiger partial charge in [-0.2, -0.15) is 0 Å². The van der Waals surface area contributed by atoms with E-state index in [9.17, 15) is 0 Å². The van der Waals surface area contributed by atoms with Crippen molar-refractivity contribution in [3.05, 3.63) is 39.7 Å². The standard InChI is InChI=1S/C10H9Cl2/c11-9-6-2-5-8(10(9)12)7-3-1-4-7/h2,5-6H,1,3-4H2. The first-order valence-corrected chi connectivity index (χ1v) is 4.84. The van der Waals surface area contributed by atoms with Crippen LogP contribution in [0.2, 0.25) is 10.0 Å². The fourth-order valence-electron chi connectivity index (χ4n) is 1.40. The van der Waals surface area contributed by atoms with Crippen molar-refractivity contribution in [2.45, 2.75) is 19.3 Å². The zero-order chi connectivity index (χ0) is 8.55. The molecule has 2 rings (SSSR count). The van der Waals surface area contributed by atoms with Crippen LogP contribution in [0, 0.1) is 5.92 Å². The molecule has 0 aliphatic heterocycles. The van der Waals surface area contributed by atoms with Crippen LogP contribution in [0.25, 0.3) is 0 Å². The molecule has 0 unspecified atom stereocenters. The van der Waals surface area contributed by atoms with Crippen LogP contribution in [0.5, 0.6) is 0 Å². The second-order valence-corrected chi connectivity index (χ2v) is 3.84. The lowest BCUT2D eigenvalue weighted by Crippen LogP contribution is -2.10. The van der Waals surface area contributed by atoms with Crippen molar-refractivity contribution in [1.82, 2.24) is 0 Å². The zero-order valence-electron chi connectivity index (χ0n) is 6.61. The number of rotatable bonds is 1. The highest BCUT2D eigenvalue weighted by atomic mass is 35.5. The van der Waals surface area contributed by atoms with Gasteiger partial charge in [-0.3, -0.25) is 0 Å². The van der Waals surface area contributed by atoms with E-state index in [1.807, 2.05) is 18.2 Å². The Balaban J connectivity index is 2.36. The molecule has 0 saturated heterocycles. The molecule has 1 aliphatic rings. The van der Waals surface area contributed by atoms with Gasteiger partial charge in [-0.25, -0.2) is 0 Å². The lowest BCUT2D eigenvalue weighted by Gasteiger charge is -2.26. The van der Waals surface area contributed by atoms with Crippen LogP contribution >= 0.6 is 23.2 Å². The average Bonchev–Trinajstić information content (AvgIpc) is 1.95. The summed E-state index contributed by atoms with van der Waals surface area (Å²) in [6, 6.07) is 5.82. The Kier molecular flexibility index (Phi) is 2.29. The summed E-state index contributed by atoms with van der Waals surface area (Å²) >= 11 is 11.9. The quantitative estimate of drug-likeness (QED) is 0.640. The van der Waals surface area contributed by atoms with E-state index in [4.69, 9.17) is 23.2 Å². The van der Waals surface area contributed by atoms with E-state index in [0.717, 1.165) is 5.56 Å². The number of hydrogen-bond donors (Lipinski definition) is 0. The van der Waals surface area contributed by atoms with E-state index in [2.05, 4.69) is 0 Å². The van der Waals surface area contributed by atoms with Gasteiger partial charge in [0.05, 0.1) is 10.0 Å². The van der Waals surface area contributed by atoms with Crippen LogP contribution in [0.15, 0.2) is 18.2 Å². The van der Waals surface area contributed by atoms with E-state index in [1.165, 1.54) is 25.2 Å². The van der Waals surface area contributed by atoms with E-state index >= 15 is 0 Å². The van der Waals surface area contributed by atoms with Crippen LogP contribution in [0.1, 0.15) is 24.8 Å². The van der Waals surface area contributed by atoms with Gasteiger partial charge in [-0.1, -0.05) is 41.8 Å². The van der Waals surface area contributed by atoms with Crippen LogP contribution in [-0.4, -0.2) is 0 Å². The van der Waals surface area contributed by atoms with Gasteiger partial charge < -0.3 is 0 Å². The van der Waals surface area contributed by atoms with E-state index in [1.54, 1.807) is 0 Å². The van der Waals surface area contributed by atoms with Gasteiger partial charge >= 0.3 is 0 Å². The summed E-state index contributed by atoms with van der Waals surface area (Å²) in [6.07, 6.45) is 3.65. The van der Waals surface area contributed by atoms with Gasteiger partial charge in [0, 0.05) is 5.92 Å². The maximum atomic E-state index is 6.05. The van der Waals surface area contributed by atoms with Crippen molar-refractivity contribution < 1.29 is 0 Å². The summed E-state index contributed by atoms with van der Waals surface area (Å²) in [6.45, 7) is 0. The van der Waals surface area contributed by atoms with Crippen LogP contribution < -0.4 is 0 Å². The van der Waals surface area contributed by atoms with Crippen molar-refractivity contribution in [1.29, 1.82) is 0 Å². The minimum atomic E-state index is 0.661. The van der Waals surface area contributed by atoms with Gasteiger partial charge in [-0.05, 0) is 24.5 Å². The molecule has 1 aromatic carbocycles. The molecule has 1 saturated carbocycles. The molecule has 1 radical (unpaired) electrons. The Morgan fingerprint density at radius 2 is 1.83 bits per heavy atom. The Labute approximate surface area is 82.5 Å². The molecule has 2 heteroatoms. The highest BCUT2D eigenvalue weighted by molar-refractivity contribution is 6.42. The average molecular weight is 200 g/mol. The largest absolute Gasteiger partial charge is 0.0827 e. The first-order valence-electron chi connectivity index (χ1n) is 4.08.